The van der Waals surface area contributed by atoms with Crippen molar-refractivity contribution in [1.82, 2.24) is 9.80 Å². The fourth-order valence-electron chi connectivity index (χ4n) is 2.28. The average molecular weight is 300 g/mol. The van der Waals surface area contributed by atoms with Crippen molar-refractivity contribution >= 4 is 5.91 Å². The van der Waals surface area contributed by atoms with E-state index in [1.807, 2.05) is 0 Å². The van der Waals surface area contributed by atoms with E-state index >= 15 is 0 Å². The standard InChI is InChI=1S/C14H18F2N2O3/c15-14(16)21-12-3-1-11(2-4-12)13(20)18-7-5-17(6-8-18)9-10-19/h1-4,14,19H,5-10H2. The molecule has 116 valence electrons. The van der Waals surface area contributed by atoms with Gasteiger partial charge >= 0.3 is 6.61 Å². The predicted molar refractivity (Wildman–Crippen MR) is 72.5 cm³/mol. The summed E-state index contributed by atoms with van der Waals surface area (Å²) in [7, 11) is 0. The van der Waals surface area contributed by atoms with Crippen LogP contribution in [0.25, 0.3) is 0 Å². The number of alkyl halides is 2. The molecule has 1 N–H and O–H groups in total. The highest BCUT2D eigenvalue weighted by molar-refractivity contribution is 5.94. The monoisotopic (exact) mass is 300 g/mol. The second-order valence-corrected chi connectivity index (χ2v) is 4.76. The lowest BCUT2D eigenvalue weighted by atomic mass is 10.1. The van der Waals surface area contributed by atoms with E-state index in [0.717, 1.165) is 13.1 Å². The second kappa shape index (κ2) is 7.33. The van der Waals surface area contributed by atoms with E-state index in [2.05, 4.69) is 9.64 Å². The highest BCUT2D eigenvalue weighted by Gasteiger charge is 2.21. The molecule has 0 spiro atoms. The molecule has 0 atom stereocenters. The molecule has 1 fully saturated rings. The van der Waals surface area contributed by atoms with E-state index in [1.165, 1.54) is 24.3 Å². The lowest BCUT2D eigenvalue weighted by Crippen LogP contribution is -2.49. The van der Waals surface area contributed by atoms with Crippen LogP contribution < -0.4 is 4.74 Å². The zero-order valence-electron chi connectivity index (χ0n) is 11.5. The van der Waals surface area contributed by atoms with Gasteiger partial charge in [0, 0.05) is 38.3 Å². The number of rotatable bonds is 5. The first-order chi connectivity index (χ1) is 10.1. The Balaban J connectivity index is 1.91. The summed E-state index contributed by atoms with van der Waals surface area (Å²) >= 11 is 0. The minimum absolute atomic E-state index is 0.0364. The largest absolute Gasteiger partial charge is 0.435 e. The Hall–Kier alpha value is -1.73. The third-order valence-corrected chi connectivity index (χ3v) is 3.40. The van der Waals surface area contributed by atoms with Gasteiger partial charge in [0.25, 0.3) is 5.91 Å². The third kappa shape index (κ3) is 4.37. The maximum Gasteiger partial charge on any atom is 0.387 e. The van der Waals surface area contributed by atoms with Crippen LogP contribution in [-0.2, 0) is 0 Å². The Morgan fingerprint density at radius 2 is 1.81 bits per heavy atom. The summed E-state index contributed by atoms with van der Waals surface area (Å²) in [4.78, 5) is 16.1. The normalized spacial score (nSPS) is 16.3. The van der Waals surface area contributed by atoms with Crippen molar-refractivity contribution in [1.29, 1.82) is 0 Å². The second-order valence-electron chi connectivity index (χ2n) is 4.76. The summed E-state index contributed by atoms with van der Waals surface area (Å²) < 4.78 is 28.3. The number of hydrogen-bond donors (Lipinski definition) is 1. The molecular weight excluding hydrogens is 282 g/mol. The molecule has 1 heterocycles. The van der Waals surface area contributed by atoms with Gasteiger partial charge in [-0.25, -0.2) is 0 Å². The molecule has 0 saturated carbocycles. The summed E-state index contributed by atoms with van der Waals surface area (Å²) in [6, 6.07) is 5.70. The number of carbonyl (C=O) groups excluding carboxylic acids is 1. The number of ether oxygens (including phenoxy) is 1. The Morgan fingerprint density at radius 1 is 1.19 bits per heavy atom. The molecule has 7 heteroatoms. The van der Waals surface area contributed by atoms with Crippen molar-refractivity contribution < 1.29 is 23.4 Å². The highest BCUT2D eigenvalue weighted by Crippen LogP contribution is 2.16. The van der Waals surface area contributed by atoms with Gasteiger partial charge in [0.2, 0.25) is 0 Å². The van der Waals surface area contributed by atoms with Crippen LogP contribution in [0.3, 0.4) is 0 Å². The number of β-amino-alcohol motifs (C(OH)–C–C–N with tert-alkyl or cyclic N) is 1. The molecular formula is C14H18F2N2O3. The van der Waals surface area contributed by atoms with Crippen LogP contribution in [0.2, 0.25) is 0 Å². The number of aliphatic hydroxyl groups is 1. The Morgan fingerprint density at radius 3 is 2.33 bits per heavy atom. The lowest BCUT2D eigenvalue weighted by Gasteiger charge is -2.34. The maximum absolute atomic E-state index is 12.3. The van der Waals surface area contributed by atoms with Gasteiger partial charge in [-0.1, -0.05) is 0 Å². The number of halogens is 2. The van der Waals surface area contributed by atoms with Crippen LogP contribution in [0.4, 0.5) is 8.78 Å². The van der Waals surface area contributed by atoms with E-state index in [0.29, 0.717) is 25.2 Å². The molecule has 5 nitrogen and oxygen atoms in total. The molecule has 1 aromatic carbocycles. The third-order valence-electron chi connectivity index (χ3n) is 3.40. The van der Waals surface area contributed by atoms with E-state index in [1.54, 1.807) is 4.90 Å². The zero-order chi connectivity index (χ0) is 15.2. The fourth-order valence-corrected chi connectivity index (χ4v) is 2.28. The SMILES string of the molecule is O=C(c1ccc(OC(F)F)cc1)N1CCN(CCO)CC1. The first-order valence-electron chi connectivity index (χ1n) is 6.77. The van der Waals surface area contributed by atoms with Gasteiger partial charge in [-0.15, -0.1) is 0 Å². The van der Waals surface area contributed by atoms with Gasteiger partial charge in [-0.2, -0.15) is 8.78 Å². The number of carbonyl (C=O) groups is 1. The van der Waals surface area contributed by atoms with E-state index in [4.69, 9.17) is 5.11 Å². The van der Waals surface area contributed by atoms with Crippen molar-refractivity contribution in [3.05, 3.63) is 29.8 Å². The summed E-state index contributed by atoms with van der Waals surface area (Å²) in [6.07, 6.45) is 0. The van der Waals surface area contributed by atoms with E-state index in [9.17, 15) is 13.6 Å². The van der Waals surface area contributed by atoms with Gasteiger partial charge < -0.3 is 14.7 Å². The molecule has 21 heavy (non-hydrogen) atoms. The van der Waals surface area contributed by atoms with Gasteiger partial charge in [0.15, 0.2) is 0 Å². The molecule has 1 aliphatic heterocycles. The van der Waals surface area contributed by atoms with Crippen LogP contribution >= 0.6 is 0 Å². The van der Waals surface area contributed by atoms with Crippen LogP contribution in [0, 0.1) is 0 Å². The van der Waals surface area contributed by atoms with Crippen LogP contribution in [-0.4, -0.2) is 66.8 Å². The molecule has 2 rings (SSSR count). The number of aliphatic hydroxyl groups excluding tert-OH is 1. The average Bonchev–Trinajstić information content (AvgIpc) is 2.48. The smallest absolute Gasteiger partial charge is 0.387 e. The van der Waals surface area contributed by atoms with E-state index < -0.39 is 6.61 Å². The predicted octanol–water partition coefficient (Wildman–Crippen LogP) is 1.04. The molecule has 0 aliphatic carbocycles. The summed E-state index contributed by atoms with van der Waals surface area (Å²) in [5, 5.41) is 8.87. The van der Waals surface area contributed by atoms with Crippen molar-refractivity contribution in [2.75, 3.05) is 39.3 Å². The summed E-state index contributed by atoms with van der Waals surface area (Å²) in [5.74, 6) is -0.0865. The first-order valence-corrected chi connectivity index (χ1v) is 6.77. The number of piperazine rings is 1. The Labute approximate surface area is 121 Å². The van der Waals surface area contributed by atoms with Crippen LogP contribution in [0.15, 0.2) is 24.3 Å². The molecule has 0 radical (unpaired) electrons. The Bertz CT molecular complexity index is 460. The zero-order valence-corrected chi connectivity index (χ0v) is 11.5. The highest BCUT2D eigenvalue weighted by atomic mass is 19.3. The van der Waals surface area contributed by atoms with Gasteiger partial charge in [0.05, 0.1) is 6.61 Å². The van der Waals surface area contributed by atoms with E-state index in [-0.39, 0.29) is 18.3 Å². The number of nitrogens with zero attached hydrogens (tertiary/aromatic N) is 2. The minimum atomic E-state index is -2.87. The Kier molecular flexibility index (Phi) is 5.46. The number of hydrogen-bond acceptors (Lipinski definition) is 4. The summed E-state index contributed by atoms with van der Waals surface area (Å²) in [5.41, 5.74) is 0.451. The van der Waals surface area contributed by atoms with Crippen molar-refractivity contribution in [3.63, 3.8) is 0 Å². The van der Waals surface area contributed by atoms with Crippen LogP contribution in [0.5, 0.6) is 5.75 Å². The molecule has 1 aliphatic rings. The minimum Gasteiger partial charge on any atom is -0.435 e. The summed E-state index contributed by atoms with van der Waals surface area (Å²) in [6.45, 7) is 0.479. The van der Waals surface area contributed by atoms with Crippen LogP contribution in [0.1, 0.15) is 10.4 Å². The fraction of sp³-hybridized carbons (Fsp3) is 0.500. The molecule has 1 aromatic rings. The molecule has 0 bridgehead atoms. The molecule has 1 amide bonds. The topological polar surface area (TPSA) is 53.0 Å². The van der Waals surface area contributed by atoms with Gasteiger partial charge in [-0.3, -0.25) is 9.69 Å². The maximum atomic E-state index is 12.3. The molecule has 1 saturated heterocycles. The number of benzene rings is 1. The lowest BCUT2D eigenvalue weighted by molar-refractivity contribution is -0.0498. The molecule has 0 aromatic heterocycles. The first kappa shape index (κ1) is 15.7. The molecule has 0 unspecified atom stereocenters. The van der Waals surface area contributed by atoms with Crippen molar-refractivity contribution in [2.24, 2.45) is 0 Å². The van der Waals surface area contributed by atoms with Crippen molar-refractivity contribution in [2.45, 2.75) is 6.61 Å². The number of amides is 1. The van der Waals surface area contributed by atoms with Gasteiger partial charge in [-0.05, 0) is 24.3 Å². The van der Waals surface area contributed by atoms with Gasteiger partial charge in [0.1, 0.15) is 5.75 Å². The van der Waals surface area contributed by atoms with Crippen molar-refractivity contribution in [3.8, 4) is 5.75 Å². The quantitative estimate of drug-likeness (QED) is 0.883.